The van der Waals surface area contributed by atoms with Crippen molar-refractivity contribution in [2.45, 2.75) is 6.42 Å². The van der Waals surface area contributed by atoms with Gasteiger partial charge in [0.05, 0.1) is 6.42 Å². The minimum atomic E-state index is -2.34. The molecule has 0 spiro atoms. The van der Waals surface area contributed by atoms with Gasteiger partial charge in [-0.05, 0) is 10.4 Å². The molecule has 0 saturated heterocycles. The van der Waals surface area contributed by atoms with Gasteiger partial charge in [-0.15, -0.1) is 0 Å². The number of benzene rings is 1. The second-order valence-corrected chi connectivity index (χ2v) is 3.13. The molecule has 2 N–H and O–H groups in total. The molecule has 0 fully saturated rings. The van der Waals surface area contributed by atoms with E-state index in [-0.39, 0.29) is 6.42 Å². The molecule has 0 aromatic heterocycles. The van der Waals surface area contributed by atoms with Crippen molar-refractivity contribution in [3.63, 3.8) is 0 Å². The van der Waals surface area contributed by atoms with Crippen molar-refractivity contribution in [2.24, 2.45) is 0 Å². The van der Waals surface area contributed by atoms with E-state index in [1.54, 1.807) is 29.2 Å². The Kier molecular flexibility index (Phi) is 4.24. The van der Waals surface area contributed by atoms with Crippen LogP contribution in [0.15, 0.2) is 30.3 Å². The second kappa shape index (κ2) is 5.48. The monoisotopic (exact) mass is 215 g/mol. The van der Waals surface area contributed by atoms with Gasteiger partial charge in [-0.25, -0.2) is 9.00 Å². The van der Waals surface area contributed by atoms with Gasteiger partial charge in [0.1, 0.15) is 0 Å². The molecule has 6 heteroatoms. The van der Waals surface area contributed by atoms with Crippen LogP contribution < -0.4 is 4.89 Å². The topological polar surface area (TPSA) is 75.6 Å². The number of carbonyl (C=O) groups excluding carboxylic acids is 1. The van der Waals surface area contributed by atoms with Crippen LogP contribution in [0.2, 0.25) is 0 Å². The molecule has 0 radical (unpaired) electrons. The van der Waals surface area contributed by atoms with Gasteiger partial charge >= 0.3 is 5.97 Å². The quantitative estimate of drug-likeness (QED) is 0.563. The Labute approximate surface area is 83.5 Å². The second-order valence-electron chi connectivity index (χ2n) is 2.47. The Morgan fingerprint density at radius 3 is 2.64 bits per heavy atom. The van der Waals surface area contributed by atoms with Crippen LogP contribution in [-0.4, -0.2) is 14.7 Å². The Bertz CT molecular complexity index is 327. The molecule has 1 rings (SSSR count). The van der Waals surface area contributed by atoms with Crippen LogP contribution in [0.5, 0.6) is 0 Å². The molecule has 1 unspecified atom stereocenters. The van der Waals surface area contributed by atoms with Crippen LogP contribution in [0.3, 0.4) is 0 Å². The standard InChI is InChI=1S/C8H9NO4S/c10-8(13-9-14(11)12)6-7-4-2-1-3-5-7/h1-5,9H,6H2,(H,11,12). The van der Waals surface area contributed by atoms with E-state index < -0.39 is 17.2 Å². The van der Waals surface area contributed by atoms with E-state index in [4.69, 9.17) is 4.55 Å². The molecule has 0 aliphatic rings. The zero-order valence-electron chi connectivity index (χ0n) is 7.17. The van der Waals surface area contributed by atoms with Gasteiger partial charge in [-0.2, -0.15) is 0 Å². The molecular formula is C8H9NO4S. The molecule has 0 bridgehead atoms. The van der Waals surface area contributed by atoms with E-state index in [1.165, 1.54) is 0 Å². The van der Waals surface area contributed by atoms with Crippen molar-refractivity contribution in [3.8, 4) is 0 Å². The third kappa shape index (κ3) is 4.13. The highest BCUT2D eigenvalue weighted by Gasteiger charge is 2.05. The minimum Gasteiger partial charge on any atom is -0.356 e. The van der Waals surface area contributed by atoms with E-state index in [0.717, 1.165) is 5.56 Å². The number of hydrogen-bond acceptors (Lipinski definition) is 3. The van der Waals surface area contributed by atoms with Crippen LogP contribution in [0.4, 0.5) is 0 Å². The molecule has 0 aliphatic carbocycles. The fourth-order valence-electron chi connectivity index (χ4n) is 0.881. The van der Waals surface area contributed by atoms with Crippen molar-refractivity contribution >= 4 is 17.2 Å². The molecule has 14 heavy (non-hydrogen) atoms. The largest absolute Gasteiger partial charge is 0.356 e. The van der Waals surface area contributed by atoms with E-state index in [2.05, 4.69) is 4.84 Å². The Morgan fingerprint density at radius 1 is 1.43 bits per heavy atom. The highest BCUT2D eigenvalue weighted by Crippen LogP contribution is 1.99. The first-order valence-electron chi connectivity index (χ1n) is 3.78. The van der Waals surface area contributed by atoms with Gasteiger partial charge in [0.25, 0.3) is 11.3 Å². The predicted octanol–water partition coefficient (Wildman–Crippen LogP) is 0.414. The van der Waals surface area contributed by atoms with Crippen molar-refractivity contribution < 1.29 is 18.4 Å². The lowest BCUT2D eigenvalue weighted by Gasteiger charge is -2.01. The molecule has 0 aliphatic heterocycles. The Balaban J connectivity index is 2.38. The van der Waals surface area contributed by atoms with Crippen LogP contribution in [0.1, 0.15) is 5.56 Å². The lowest BCUT2D eigenvalue weighted by atomic mass is 10.2. The summed E-state index contributed by atoms with van der Waals surface area (Å²) in [4.78, 5) is 16.9. The van der Waals surface area contributed by atoms with E-state index in [0.29, 0.717) is 0 Å². The van der Waals surface area contributed by atoms with Gasteiger partial charge in [-0.3, -0.25) is 4.55 Å². The van der Waals surface area contributed by atoms with Crippen molar-refractivity contribution in [2.75, 3.05) is 0 Å². The van der Waals surface area contributed by atoms with Crippen molar-refractivity contribution in [3.05, 3.63) is 35.9 Å². The average molecular weight is 215 g/mol. The summed E-state index contributed by atoms with van der Waals surface area (Å²) in [5.74, 6) is -0.612. The summed E-state index contributed by atoms with van der Waals surface area (Å²) in [6.07, 6.45) is 0.0606. The van der Waals surface area contributed by atoms with Gasteiger partial charge in [0.2, 0.25) is 0 Å². The molecule has 76 valence electrons. The Hall–Kier alpha value is -1.24. The Morgan fingerprint density at radius 2 is 2.07 bits per heavy atom. The maximum Gasteiger partial charge on any atom is 0.330 e. The van der Waals surface area contributed by atoms with E-state index >= 15 is 0 Å². The molecular weight excluding hydrogens is 206 g/mol. The highest BCUT2D eigenvalue weighted by molar-refractivity contribution is 7.76. The summed E-state index contributed by atoms with van der Waals surface area (Å²) in [5.41, 5.74) is 0.781. The summed E-state index contributed by atoms with van der Waals surface area (Å²) in [6.45, 7) is 0. The third-order valence-electron chi connectivity index (χ3n) is 1.42. The first-order valence-corrected chi connectivity index (χ1v) is 4.89. The van der Waals surface area contributed by atoms with E-state index in [1.807, 2.05) is 6.07 Å². The lowest BCUT2D eigenvalue weighted by molar-refractivity contribution is -0.146. The first-order chi connectivity index (χ1) is 6.68. The third-order valence-corrected chi connectivity index (χ3v) is 1.64. The van der Waals surface area contributed by atoms with Crippen LogP contribution in [-0.2, 0) is 27.3 Å². The summed E-state index contributed by atoms with van der Waals surface area (Å²) >= 11 is -2.34. The smallest absolute Gasteiger partial charge is 0.330 e. The number of rotatable bonds is 4. The SMILES string of the molecule is O=C(Cc1ccccc1)ONS(=O)O. The van der Waals surface area contributed by atoms with Gasteiger partial charge in [0, 0.05) is 0 Å². The maximum atomic E-state index is 11.0. The van der Waals surface area contributed by atoms with Crippen LogP contribution in [0.25, 0.3) is 0 Å². The molecule has 0 amide bonds. The van der Waals surface area contributed by atoms with Crippen molar-refractivity contribution in [1.82, 2.24) is 4.89 Å². The average Bonchev–Trinajstić information content (AvgIpc) is 2.16. The maximum absolute atomic E-state index is 11.0. The highest BCUT2D eigenvalue weighted by atomic mass is 32.2. The fourth-order valence-corrected chi connectivity index (χ4v) is 1.04. The summed E-state index contributed by atoms with van der Waals surface area (Å²) in [7, 11) is 0. The zero-order valence-corrected chi connectivity index (χ0v) is 7.99. The number of hydrogen-bond donors (Lipinski definition) is 2. The molecule has 0 saturated carbocycles. The first kappa shape index (κ1) is 10.8. The summed E-state index contributed by atoms with van der Waals surface area (Å²) in [6, 6.07) is 8.94. The summed E-state index contributed by atoms with van der Waals surface area (Å²) in [5, 5.41) is 0. The van der Waals surface area contributed by atoms with Gasteiger partial charge in [-0.1, -0.05) is 30.3 Å². The lowest BCUT2D eigenvalue weighted by Crippen LogP contribution is -2.22. The van der Waals surface area contributed by atoms with Crippen LogP contribution >= 0.6 is 0 Å². The molecule has 5 nitrogen and oxygen atoms in total. The van der Waals surface area contributed by atoms with Crippen LogP contribution in [0, 0.1) is 0 Å². The molecule has 1 atom stereocenters. The normalized spacial score (nSPS) is 12.1. The predicted molar refractivity (Wildman–Crippen MR) is 50.1 cm³/mol. The molecule has 0 heterocycles. The molecule has 1 aromatic rings. The number of nitrogens with one attached hydrogen (secondary N) is 1. The zero-order chi connectivity index (χ0) is 10.4. The molecule has 1 aromatic carbocycles. The van der Waals surface area contributed by atoms with Gasteiger partial charge < -0.3 is 4.84 Å². The van der Waals surface area contributed by atoms with E-state index in [9.17, 15) is 9.00 Å². The van der Waals surface area contributed by atoms with Crippen molar-refractivity contribution in [1.29, 1.82) is 0 Å². The fraction of sp³-hybridized carbons (Fsp3) is 0.125. The number of carbonyl (C=O) groups is 1. The minimum absolute atomic E-state index is 0.0606. The van der Waals surface area contributed by atoms with Gasteiger partial charge in [0.15, 0.2) is 0 Å². The summed E-state index contributed by atoms with van der Waals surface area (Å²) < 4.78 is 18.3.